The van der Waals surface area contributed by atoms with Gasteiger partial charge in [-0.3, -0.25) is 0 Å². The van der Waals surface area contributed by atoms with Crippen molar-refractivity contribution < 1.29 is 22.6 Å². The molecule has 0 N–H and O–H groups in total. The van der Waals surface area contributed by atoms with Gasteiger partial charge in [0.1, 0.15) is 16.1 Å². The number of benzene rings is 1. The number of hydrogen-bond donors (Lipinski definition) is 0. The van der Waals surface area contributed by atoms with Crippen molar-refractivity contribution in [1.82, 2.24) is 4.98 Å². The zero-order chi connectivity index (χ0) is 13.2. The fourth-order valence-electron chi connectivity index (χ4n) is 1.10. The van der Waals surface area contributed by atoms with Crippen LogP contribution in [0.5, 0.6) is 16.7 Å². The monoisotopic (exact) mass is 339 g/mol. The predicted octanol–water partition coefficient (Wildman–Crippen LogP) is 4.60. The van der Waals surface area contributed by atoms with E-state index in [4.69, 9.17) is 4.74 Å². The van der Waals surface area contributed by atoms with Crippen LogP contribution >= 0.6 is 27.3 Å². The van der Waals surface area contributed by atoms with Crippen molar-refractivity contribution in [1.29, 1.82) is 0 Å². The van der Waals surface area contributed by atoms with Gasteiger partial charge in [-0.05, 0) is 40.2 Å². The molecule has 3 nitrogen and oxygen atoms in total. The highest BCUT2D eigenvalue weighted by atomic mass is 79.9. The van der Waals surface area contributed by atoms with Crippen molar-refractivity contribution >= 4 is 27.3 Å². The molecule has 0 saturated heterocycles. The minimum Gasteiger partial charge on any atom is -0.431 e. The molecule has 0 spiro atoms. The van der Waals surface area contributed by atoms with Gasteiger partial charge < -0.3 is 9.47 Å². The number of nitrogens with zero attached hydrogens (tertiary/aromatic N) is 1. The topological polar surface area (TPSA) is 31.4 Å². The summed E-state index contributed by atoms with van der Waals surface area (Å²) in [5.41, 5.74) is 0. The Morgan fingerprint density at radius 2 is 1.72 bits per heavy atom. The van der Waals surface area contributed by atoms with Crippen LogP contribution in [0.3, 0.4) is 0 Å². The van der Waals surface area contributed by atoms with Gasteiger partial charge in [0, 0.05) is 5.38 Å². The standard InChI is InChI=1S/C10H5BrF3NO2S/c11-8-5-18-9(15-8)16-6-1-3-7(4-2-6)17-10(12,13)14/h1-5H. The number of thiazole rings is 1. The summed E-state index contributed by atoms with van der Waals surface area (Å²) in [7, 11) is 0. The van der Waals surface area contributed by atoms with E-state index in [-0.39, 0.29) is 5.75 Å². The number of rotatable bonds is 3. The lowest BCUT2D eigenvalue weighted by Crippen LogP contribution is -2.16. The predicted molar refractivity (Wildman–Crippen MR) is 63.0 cm³/mol. The van der Waals surface area contributed by atoms with Gasteiger partial charge in [-0.2, -0.15) is 4.98 Å². The Morgan fingerprint density at radius 1 is 1.11 bits per heavy atom. The molecule has 0 aliphatic carbocycles. The van der Waals surface area contributed by atoms with Gasteiger partial charge in [0.05, 0.1) is 0 Å². The summed E-state index contributed by atoms with van der Waals surface area (Å²) in [6.07, 6.45) is -4.69. The molecule has 0 bridgehead atoms. The van der Waals surface area contributed by atoms with Crippen molar-refractivity contribution in [3.05, 3.63) is 34.2 Å². The third kappa shape index (κ3) is 3.88. The van der Waals surface area contributed by atoms with E-state index in [0.717, 1.165) is 0 Å². The van der Waals surface area contributed by atoms with Crippen molar-refractivity contribution in [3.8, 4) is 16.7 Å². The molecule has 0 fully saturated rings. The van der Waals surface area contributed by atoms with Gasteiger partial charge in [-0.25, -0.2) is 0 Å². The maximum Gasteiger partial charge on any atom is 0.573 e. The zero-order valence-electron chi connectivity index (χ0n) is 8.57. The van der Waals surface area contributed by atoms with E-state index in [0.29, 0.717) is 15.5 Å². The van der Waals surface area contributed by atoms with E-state index in [1.807, 2.05) is 0 Å². The lowest BCUT2D eigenvalue weighted by molar-refractivity contribution is -0.274. The smallest absolute Gasteiger partial charge is 0.431 e. The maximum absolute atomic E-state index is 11.9. The molecule has 0 atom stereocenters. The van der Waals surface area contributed by atoms with Gasteiger partial charge in [-0.15, -0.1) is 13.2 Å². The number of ether oxygens (including phenoxy) is 2. The summed E-state index contributed by atoms with van der Waals surface area (Å²) in [6.45, 7) is 0. The Bertz CT molecular complexity index is 527. The Labute approximate surface area is 112 Å². The average Bonchev–Trinajstić information content (AvgIpc) is 2.65. The second kappa shape index (κ2) is 5.15. The van der Waals surface area contributed by atoms with Crippen molar-refractivity contribution in [2.24, 2.45) is 0 Å². The molecule has 18 heavy (non-hydrogen) atoms. The maximum atomic E-state index is 11.9. The van der Waals surface area contributed by atoms with E-state index in [2.05, 4.69) is 25.7 Å². The van der Waals surface area contributed by atoms with Crippen LogP contribution in [0.2, 0.25) is 0 Å². The van der Waals surface area contributed by atoms with Gasteiger partial charge in [-0.1, -0.05) is 11.3 Å². The second-order valence-corrected chi connectivity index (χ2v) is 4.69. The van der Waals surface area contributed by atoms with Gasteiger partial charge in [0.15, 0.2) is 0 Å². The first kappa shape index (κ1) is 13.2. The third-order valence-corrected chi connectivity index (χ3v) is 3.14. The van der Waals surface area contributed by atoms with Crippen molar-refractivity contribution in [3.63, 3.8) is 0 Å². The molecular weight excluding hydrogens is 335 g/mol. The molecule has 1 heterocycles. The molecule has 0 amide bonds. The minimum absolute atomic E-state index is 0.296. The van der Waals surface area contributed by atoms with Crippen LogP contribution in [0.25, 0.3) is 0 Å². The first-order valence-electron chi connectivity index (χ1n) is 4.57. The number of aromatic nitrogens is 1. The fourth-order valence-corrected chi connectivity index (χ4v) is 2.20. The summed E-state index contributed by atoms with van der Waals surface area (Å²) in [5.74, 6) is 0.0848. The summed E-state index contributed by atoms with van der Waals surface area (Å²) >= 11 is 4.43. The average molecular weight is 340 g/mol. The quantitative estimate of drug-likeness (QED) is 0.819. The van der Waals surface area contributed by atoms with E-state index < -0.39 is 6.36 Å². The minimum atomic E-state index is -4.69. The van der Waals surface area contributed by atoms with Crippen LogP contribution in [0, 0.1) is 0 Å². The van der Waals surface area contributed by atoms with Crippen LogP contribution in [-0.4, -0.2) is 11.3 Å². The van der Waals surface area contributed by atoms with Gasteiger partial charge in [0.2, 0.25) is 0 Å². The van der Waals surface area contributed by atoms with Crippen LogP contribution in [0.1, 0.15) is 0 Å². The first-order chi connectivity index (χ1) is 8.42. The van der Waals surface area contributed by atoms with E-state index in [1.165, 1.54) is 35.6 Å². The zero-order valence-corrected chi connectivity index (χ0v) is 11.0. The Balaban J connectivity index is 2.04. The second-order valence-electron chi connectivity index (χ2n) is 3.06. The SMILES string of the molecule is FC(F)(F)Oc1ccc(Oc2nc(Br)cs2)cc1. The molecule has 0 unspecified atom stereocenters. The van der Waals surface area contributed by atoms with Gasteiger partial charge >= 0.3 is 6.36 Å². The van der Waals surface area contributed by atoms with Crippen LogP contribution in [0.4, 0.5) is 13.2 Å². The Hall–Kier alpha value is -1.28. The highest BCUT2D eigenvalue weighted by Crippen LogP contribution is 2.29. The Morgan fingerprint density at radius 3 is 2.22 bits per heavy atom. The summed E-state index contributed by atoms with van der Waals surface area (Å²) in [4.78, 5) is 3.99. The van der Waals surface area contributed by atoms with Crippen molar-refractivity contribution in [2.45, 2.75) is 6.36 Å². The summed E-state index contributed by atoms with van der Waals surface area (Å²) in [5, 5.41) is 2.13. The van der Waals surface area contributed by atoms with Gasteiger partial charge in [0.25, 0.3) is 5.19 Å². The molecular formula is C10H5BrF3NO2S. The lowest BCUT2D eigenvalue weighted by Gasteiger charge is -2.09. The van der Waals surface area contributed by atoms with Crippen LogP contribution < -0.4 is 9.47 Å². The number of halogens is 4. The number of hydrogen-bond acceptors (Lipinski definition) is 4. The Kier molecular flexibility index (Phi) is 3.76. The largest absolute Gasteiger partial charge is 0.573 e. The fraction of sp³-hybridized carbons (Fsp3) is 0.100. The molecule has 1 aromatic heterocycles. The molecule has 1 aromatic carbocycles. The first-order valence-corrected chi connectivity index (χ1v) is 6.24. The molecule has 96 valence electrons. The molecule has 0 aliphatic rings. The van der Waals surface area contributed by atoms with E-state index >= 15 is 0 Å². The molecule has 0 aliphatic heterocycles. The highest BCUT2D eigenvalue weighted by Gasteiger charge is 2.30. The lowest BCUT2D eigenvalue weighted by atomic mass is 10.3. The molecule has 0 saturated carbocycles. The van der Waals surface area contributed by atoms with Crippen molar-refractivity contribution in [2.75, 3.05) is 0 Å². The van der Waals surface area contributed by atoms with E-state index in [9.17, 15) is 13.2 Å². The molecule has 2 rings (SSSR count). The van der Waals surface area contributed by atoms with E-state index in [1.54, 1.807) is 5.38 Å². The third-order valence-electron chi connectivity index (χ3n) is 1.72. The normalized spacial score (nSPS) is 11.3. The highest BCUT2D eigenvalue weighted by molar-refractivity contribution is 9.10. The van der Waals surface area contributed by atoms with Crippen LogP contribution in [0.15, 0.2) is 34.2 Å². The van der Waals surface area contributed by atoms with Crippen LogP contribution in [-0.2, 0) is 0 Å². The summed E-state index contributed by atoms with van der Waals surface area (Å²) in [6, 6.07) is 5.09. The summed E-state index contributed by atoms with van der Waals surface area (Å²) < 4.78 is 45.5. The molecule has 0 radical (unpaired) electrons. The molecule has 2 aromatic rings. The number of alkyl halides is 3. The molecule has 8 heteroatoms.